The largest absolute Gasteiger partial charge is 0.302 e. The van der Waals surface area contributed by atoms with Gasteiger partial charge in [-0.05, 0) is 25.0 Å². The highest BCUT2D eigenvalue weighted by molar-refractivity contribution is 7.98. The van der Waals surface area contributed by atoms with Gasteiger partial charge in [-0.1, -0.05) is 67.2 Å². The summed E-state index contributed by atoms with van der Waals surface area (Å²) in [5.41, 5.74) is 3.99. The first kappa shape index (κ1) is 22.2. The van der Waals surface area contributed by atoms with E-state index in [1.807, 2.05) is 53.9 Å². The van der Waals surface area contributed by atoms with Crippen LogP contribution in [0, 0.1) is 0 Å². The average Bonchev–Trinajstić information content (AvgIpc) is 3.45. The Morgan fingerprint density at radius 2 is 1.81 bits per heavy atom. The van der Waals surface area contributed by atoms with E-state index in [2.05, 4.69) is 34.7 Å². The van der Waals surface area contributed by atoms with Gasteiger partial charge in [-0.2, -0.15) is 0 Å². The highest BCUT2D eigenvalue weighted by Crippen LogP contribution is 2.33. The molecule has 0 atom stereocenters. The molecule has 2 heterocycles. The molecule has 0 aliphatic carbocycles. The fourth-order valence-corrected chi connectivity index (χ4v) is 5.40. The average molecular weight is 464 g/mol. The molecule has 0 fully saturated rings. The molecule has 0 radical (unpaired) electrons. The Labute approximate surface area is 196 Å². The first-order valence-electron chi connectivity index (χ1n) is 10.6. The molecule has 6 nitrogen and oxygen atoms in total. The first-order valence-corrected chi connectivity index (χ1v) is 12.4. The van der Waals surface area contributed by atoms with E-state index in [4.69, 9.17) is 4.98 Å². The maximum absolute atomic E-state index is 12.5. The summed E-state index contributed by atoms with van der Waals surface area (Å²) in [6, 6.07) is 18.1. The van der Waals surface area contributed by atoms with Crippen molar-refractivity contribution < 1.29 is 4.79 Å². The lowest BCUT2D eigenvalue weighted by Crippen LogP contribution is -2.23. The molecule has 4 aromatic rings. The summed E-state index contributed by atoms with van der Waals surface area (Å²) >= 11 is 3.09. The quantitative estimate of drug-likeness (QED) is 0.302. The van der Waals surface area contributed by atoms with Crippen LogP contribution in [0.4, 0.5) is 10.8 Å². The van der Waals surface area contributed by atoms with Gasteiger partial charge in [-0.25, -0.2) is 4.98 Å². The third-order valence-corrected chi connectivity index (χ3v) is 6.95. The lowest BCUT2D eigenvalue weighted by atomic mass is 10.1. The molecule has 0 unspecified atom stereocenters. The normalized spacial score (nSPS) is 11.0. The van der Waals surface area contributed by atoms with E-state index < -0.39 is 0 Å². The molecule has 0 saturated heterocycles. The molecule has 2 aromatic heterocycles. The fraction of sp³-hybridized carbons (Fsp3) is 0.250. The van der Waals surface area contributed by atoms with Crippen LogP contribution in [-0.2, 0) is 23.5 Å². The Balaban J connectivity index is 1.54. The Bertz CT molecular complexity index is 1200. The predicted octanol–water partition coefficient (Wildman–Crippen LogP) is 5.96. The van der Waals surface area contributed by atoms with E-state index in [0.717, 1.165) is 46.5 Å². The van der Waals surface area contributed by atoms with Crippen LogP contribution < -0.4 is 4.90 Å². The lowest BCUT2D eigenvalue weighted by Gasteiger charge is -2.20. The van der Waals surface area contributed by atoms with Gasteiger partial charge in [0.1, 0.15) is 0 Å². The summed E-state index contributed by atoms with van der Waals surface area (Å²) in [4.78, 5) is 19.0. The van der Waals surface area contributed by atoms with Crippen molar-refractivity contribution in [1.82, 2.24) is 19.7 Å². The minimum atomic E-state index is -0.0438. The van der Waals surface area contributed by atoms with Crippen molar-refractivity contribution >= 4 is 39.8 Å². The number of benzene rings is 2. The molecule has 0 aliphatic rings. The third-order valence-electron chi connectivity index (χ3n) is 5.07. The number of amides is 1. The number of rotatable bonds is 8. The standard InChI is InChI=1S/C24H25N5OS2/c1-4-18-11-9-10-14-21(18)29(17(3)30)23-25-20(15-31-23)16-32-24-27-26-22(28(24)5-2)19-12-7-6-8-13-19/h6-15H,4-5,16H2,1-3H3. The monoisotopic (exact) mass is 463 g/mol. The van der Waals surface area contributed by atoms with Crippen LogP contribution in [0.1, 0.15) is 32.0 Å². The van der Waals surface area contributed by atoms with Gasteiger partial charge in [0.15, 0.2) is 16.1 Å². The third kappa shape index (κ3) is 4.61. The number of hydrogen-bond acceptors (Lipinski definition) is 6. The molecule has 0 saturated carbocycles. The first-order chi connectivity index (χ1) is 15.6. The van der Waals surface area contributed by atoms with Crippen molar-refractivity contribution in [2.45, 2.75) is 44.6 Å². The molecule has 0 N–H and O–H groups in total. The predicted molar refractivity (Wildman–Crippen MR) is 131 cm³/mol. The van der Waals surface area contributed by atoms with Crippen molar-refractivity contribution in [3.63, 3.8) is 0 Å². The maximum atomic E-state index is 12.5. The van der Waals surface area contributed by atoms with E-state index in [0.29, 0.717) is 10.9 Å². The van der Waals surface area contributed by atoms with Gasteiger partial charge in [0, 0.05) is 30.2 Å². The second-order valence-corrected chi connectivity index (χ2v) is 8.94. The van der Waals surface area contributed by atoms with Gasteiger partial charge in [0.05, 0.1) is 11.4 Å². The van der Waals surface area contributed by atoms with Crippen LogP contribution >= 0.6 is 23.1 Å². The Kier molecular flexibility index (Phi) is 7.02. The van der Waals surface area contributed by atoms with Crippen molar-refractivity contribution in [2.24, 2.45) is 0 Å². The zero-order chi connectivity index (χ0) is 22.5. The van der Waals surface area contributed by atoms with Crippen molar-refractivity contribution in [3.05, 3.63) is 71.2 Å². The number of carbonyl (C=O) groups excluding carboxylic acids is 1. The van der Waals surface area contributed by atoms with Gasteiger partial charge in [0.2, 0.25) is 5.91 Å². The summed E-state index contributed by atoms with van der Waals surface area (Å²) in [6.07, 6.45) is 0.852. The van der Waals surface area contributed by atoms with Gasteiger partial charge in [-0.15, -0.1) is 21.5 Å². The zero-order valence-electron chi connectivity index (χ0n) is 18.4. The second-order valence-electron chi connectivity index (χ2n) is 7.16. The number of anilines is 2. The van der Waals surface area contributed by atoms with Gasteiger partial charge >= 0.3 is 0 Å². The van der Waals surface area contributed by atoms with E-state index in [-0.39, 0.29) is 5.91 Å². The Hall–Kier alpha value is -2.97. The smallest absolute Gasteiger partial charge is 0.230 e. The van der Waals surface area contributed by atoms with E-state index >= 15 is 0 Å². The lowest BCUT2D eigenvalue weighted by molar-refractivity contribution is -0.115. The molecule has 8 heteroatoms. The maximum Gasteiger partial charge on any atom is 0.230 e. The topological polar surface area (TPSA) is 63.9 Å². The van der Waals surface area contributed by atoms with Crippen LogP contribution in [0.2, 0.25) is 0 Å². The molecular weight excluding hydrogens is 438 g/mol. The fourth-order valence-electron chi connectivity index (χ4n) is 3.52. The molecule has 1 amide bonds. The van der Waals surface area contributed by atoms with E-state index in [1.165, 1.54) is 11.3 Å². The summed E-state index contributed by atoms with van der Waals surface area (Å²) in [6.45, 7) is 6.55. The minimum Gasteiger partial charge on any atom is -0.302 e. The van der Waals surface area contributed by atoms with Crippen molar-refractivity contribution in [1.29, 1.82) is 0 Å². The van der Waals surface area contributed by atoms with Crippen molar-refractivity contribution in [3.8, 4) is 11.4 Å². The number of para-hydroxylation sites is 1. The molecule has 164 valence electrons. The molecule has 0 bridgehead atoms. The summed E-state index contributed by atoms with van der Waals surface area (Å²) in [7, 11) is 0. The highest BCUT2D eigenvalue weighted by atomic mass is 32.2. The van der Waals surface area contributed by atoms with Gasteiger partial charge in [0.25, 0.3) is 0 Å². The second kappa shape index (κ2) is 10.1. The minimum absolute atomic E-state index is 0.0438. The van der Waals surface area contributed by atoms with E-state index in [1.54, 1.807) is 23.6 Å². The molecule has 4 rings (SSSR count). The highest BCUT2D eigenvalue weighted by Gasteiger charge is 2.20. The Morgan fingerprint density at radius 1 is 1.06 bits per heavy atom. The van der Waals surface area contributed by atoms with Crippen LogP contribution in [0.25, 0.3) is 11.4 Å². The number of aromatic nitrogens is 4. The number of carbonyl (C=O) groups is 1. The zero-order valence-corrected chi connectivity index (χ0v) is 20.0. The van der Waals surface area contributed by atoms with Crippen LogP contribution in [0.15, 0.2) is 65.1 Å². The molecule has 2 aromatic carbocycles. The van der Waals surface area contributed by atoms with Crippen molar-refractivity contribution in [2.75, 3.05) is 4.90 Å². The number of thiazole rings is 1. The van der Waals surface area contributed by atoms with Crippen LogP contribution in [0.5, 0.6) is 0 Å². The summed E-state index contributed by atoms with van der Waals surface area (Å²) < 4.78 is 2.12. The number of thioether (sulfide) groups is 1. The molecule has 32 heavy (non-hydrogen) atoms. The molecule has 0 spiro atoms. The van der Waals surface area contributed by atoms with Crippen LogP contribution in [0.3, 0.4) is 0 Å². The molecule has 0 aliphatic heterocycles. The SMILES string of the molecule is CCc1ccccc1N(C(C)=O)c1nc(CSc2nnc(-c3ccccc3)n2CC)cs1. The van der Waals surface area contributed by atoms with E-state index in [9.17, 15) is 4.79 Å². The van der Waals surface area contributed by atoms with Gasteiger partial charge < -0.3 is 4.57 Å². The summed E-state index contributed by atoms with van der Waals surface area (Å²) in [5, 5.41) is 12.4. The number of aryl methyl sites for hydroxylation is 1. The summed E-state index contributed by atoms with van der Waals surface area (Å²) in [5.74, 6) is 1.48. The Morgan fingerprint density at radius 3 is 2.53 bits per heavy atom. The number of nitrogens with zero attached hydrogens (tertiary/aromatic N) is 5. The molecular formula is C24H25N5OS2. The van der Waals surface area contributed by atoms with Gasteiger partial charge in [-0.3, -0.25) is 9.69 Å². The number of hydrogen-bond donors (Lipinski definition) is 0. The van der Waals surface area contributed by atoms with Crippen LogP contribution in [-0.4, -0.2) is 25.7 Å².